The van der Waals surface area contributed by atoms with Crippen LogP contribution < -0.4 is 19.7 Å². The Morgan fingerprint density at radius 3 is 0.656 bits per heavy atom. The van der Waals surface area contributed by atoms with E-state index >= 15 is 0 Å². The van der Waals surface area contributed by atoms with Crippen molar-refractivity contribution in [3.63, 3.8) is 0 Å². The summed E-state index contributed by atoms with van der Waals surface area (Å²) in [7, 11) is -6.68. The topological polar surface area (TPSA) is 173 Å². The van der Waals surface area contributed by atoms with Gasteiger partial charge in [-0.15, -0.1) is 0 Å². The molecule has 0 radical (unpaired) electrons. The van der Waals surface area contributed by atoms with E-state index in [1.54, 1.807) is 0 Å². The molecule has 61 heavy (non-hydrogen) atoms. The predicted octanol–water partition coefficient (Wildman–Crippen LogP) is 10.6. The first-order valence-electron chi connectivity index (χ1n) is 25.3. The molecular formula is C48H96CaN2O8S2. The van der Waals surface area contributed by atoms with Gasteiger partial charge in [-0.1, -0.05) is 245 Å². The molecule has 0 aromatic heterocycles. The molecule has 10 nitrogen and oxygen atoms in total. The van der Waals surface area contributed by atoms with E-state index < -0.39 is 32.0 Å². The van der Waals surface area contributed by atoms with E-state index in [1.807, 2.05) is 0 Å². The third-order valence-corrected chi connectivity index (χ3v) is 14.3. The van der Waals surface area contributed by atoms with Gasteiger partial charge < -0.3 is 19.8 Å². The average molecular weight is 934 g/mol. The van der Waals surface area contributed by atoms with Gasteiger partial charge in [0.05, 0.1) is 11.5 Å². The second-order valence-electron chi connectivity index (χ2n) is 17.4. The van der Waals surface area contributed by atoms with Gasteiger partial charge in [-0.2, -0.15) is 0 Å². The maximum atomic E-state index is 11.7. The van der Waals surface area contributed by atoms with Crippen LogP contribution in [0.15, 0.2) is 0 Å². The molecule has 0 aromatic carbocycles. The molecule has 13 heteroatoms. The minimum atomic E-state index is -3.34. The first kappa shape index (κ1) is 65.3. The number of hydrogen-bond acceptors (Lipinski definition) is 8. The number of carbonyl (C=O) groups is 2. The number of hydrogen-bond donors (Lipinski definition) is 2. The van der Waals surface area contributed by atoms with Crippen molar-refractivity contribution in [2.24, 2.45) is 0 Å². The molecule has 0 aromatic rings. The van der Waals surface area contributed by atoms with Crippen LogP contribution in [0, 0.1) is 0 Å². The SMILES string of the molecule is CCCCCCCCCCCCCCCCCCCCCS(=O)(=O)NCCC(=O)[O-].CCCCCCCCCCCCCCCCCCCCCS(=O)(=O)NCCC(=O)[O-].[Ca+2]. The minimum absolute atomic E-state index is 0. The summed E-state index contributed by atoms with van der Waals surface area (Å²) in [6, 6.07) is 0. The van der Waals surface area contributed by atoms with Crippen molar-refractivity contribution >= 4 is 69.7 Å². The normalized spacial score (nSPS) is 11.6. The first-order chi connectivity index (χ1) is 29.0. The Morgan fingerprint density at radius 2 is 0.492 bits per heavy atom. The molecule has 0 spiro atoms. The molecule has 0 saturated heterocycles. The number of sulfonamides is 2. The largest absolute Gasteiger partial charge is 2.00 e. The van der Waals surface area contributed by atoms with Crippen molar-refractivity contribution in [3.05, 3.63) is 0 Å². The van der Waals surface area contributed by atoms with Crippen LogP contribution in [0.5, 0.6) is 0 Å². The van der Waals surface area contributed by atoms with E-state index in [4.69, 9.17) is 0 Å². The van der Waals surface area contributed by atoms with Crippen LogP contribution in [0.3, 0.4) is 0 Å². The number of unbranched alkanes of at least 4 members (excludes halogenated alkanes) is 36. The monoisotopic (exact) mass is 933 g/mol. The summed E-state index contributed by atoms with van der Waals surface area (Å²) in [6.07, 6.45) is 48.4. The first-order valence-corrected chi connectivity index (χ1v) is 28.6. The summed E-state index contributed by atoms with van der Waals surface area (Å²) in [4.78, 5) is 20.6. The molecule has 2 N–H and O–H groups in total. The van der Waals surface area contributed by atoms with Gasteiger partial charge in [0.15, 0.2) is 0 Å². The fourth-order valence-corrected chi connectivity index (χ4v) is 9.79. The van der Waals surface area contributed by atoms with E-state index in [9.17, 15) is 36.6 Å². The second-order valence-corrected chi connectivity index (χ2v) is 21.3. The molecule has 0 fully saturated rings. The molecule has 0 saturated carbocycles. The zero-order valence-corrected chi connectivity index (χ0v) is 43.7. The summed E-state index contributed by atoms with van der Waals surface area (Å²) < 4.78 is 51.3. The zero-order valence-electron chi connectivity index (χ0n) is 39.9. The summed E-state index contributed by atoms with van der Waals surface area (Å²) in [5.41, 5.74) is 0. The van der Waals surface area contributed by atoms with Crippen LogP contribution in [0.25, 0.3) is 0 Å². The van der Waals surface area contributed by atoms with Gasteiger partial charge in [0.2, 0.25) is 20.0 Å². The van der Waals surface area contributed by atoms with Crippen LogP contribution in [-0.4, -0.2) is 91.1 Å². The van der Waals surface area contributed by atoms with Crippen LogP contribution in [-0.2, 0) is 29.6 Å². The van der Waals surface area contributed by atoms with Gasteiger partial charge in [0.25, 0.3) is 0 Å². The molecule has 0 atom stereocenters. The molecule has 360 valence electrons. The van der Waals surface area contributed by atoms with E-state index in [0.717, 1.165) is 25.7 Å². The maximum Gasteiger partial charge on any atom is 2.00 e. The van der Waals surface area contributed by atoms with Gasteiger partial charge in [-0.3, -0.25) is 0 Å². The van der Waals surface area contributed by atoms with Crippen molar-refractivity contribution in [3.8, 4) is 0 Å². The Kier molecular flexibility index (Phi) is 54.6. The van der Waals surface area contributed by atoms with Crippen molar-refractivity contribution in [1.82, 2.24) is 9.44 Å². The predicted molar refractivity (Wildman–Crippen MR) is 255 cm³/mol. The van der Waals surface area contributed by atoms with Crippen molar-refractivity contribution in [1.29, 1.82) is 0 Å². The third-order valence-electron chi connectivity index (χ3n) is 11.3. The van der Waals surface area contributed by atoms with Gasteiger partial charge in [0.1, 0.15) is 0 Å². The molecular weight excluding hydrogens is 837 g/mol. The number of carboxylic acid groups (broad SMARTS) is 2. The summed E-state index contributed by atoms with van der Waals surface area (Å²) >= 11 is 0. The Balaban J connectivity index is -0.00000109. The number of aliphatic carboxylic acids is 2. The average Bonchev–Trinajstić information content (AvgIpc) is 3.19. The maximum absolute atomic E-state index is 11.7. The molecule has 0 aliphatic heterocycles. The van der Waals surface area contributed by atoms with E-state index in [1.165, 1.54) is 205 Å². The molecule has 0 unspecified atom stereocenters. The Labute approximate surface area is 408 Å². The Morgan fingerprint density at radius 1 is 0.328 bits per heavy atom. The van der Waals surface area contributed by atoms with Crippen molar-refractivity contribution in [2.45, 2.75) is 271 Å². The number of nitrogens with one attached hydrogen (secondary N) is 2. The quantitative estimate of drug-likeness (QED) is 0.0448. The third kappa shape index (κ3) is 60.0. The summed E-state index contributed by atoms with van der Waals surface area (Å²) in [5, 5.41) is 20.6. The number of rotatable bonds is 48. The molecule has 0 bridgehead atoms. The van der Waals surface area contributed by atoms with Crippen LogP contribution in [0.2, 0.25) is 0 Å². The van der Waals surface area contributed by atoms with Crippen molar-refractivity contribution in [2.75, 3.05) is 24.6 Å². The van der Waals surface area contributed by atoms with Crippen molar-refractivity contribution < 1.29 is 36.6 Å². The Bertz CT molecular complexity index is 1050. The Hall–Kier alpha value is 0.0197. The fraction of sp³-hybridized carbons (Fsp3) is 0.958. The van der Waals surface area contributed by atoms with Crippen LogP contribution >= 0.6 is 0 Å². The fourth-order valence-electron chi connectivity index (χ4n) is 7.50. The standard InChI is InChI=1S/2C24H49NO4S.Ca/c2*1-2-3-4-5-6-7-8-9-10-11-12-13-14-15-16-17-18-19-20-23-30(28,29)25-22-21-24(26)27;/h2*25H,2-23H2,1H3,(H,26,27);/q;;+2/p-2. The zero-order chi connectivity index (χ0) is 44.7. The van der Waals surface area contributed by atoms with E-state index in [0.29, 0.717) is 12.8 Å². The molecule has 0 rings (SSSR count). The number of carboxylic acids is 2. The molecule has 0 heterocycles. The van der Waals surface area contributed by atoms with Gasteiger partial charge in [0, 0.05) is 37.9 Å². The van der Waals surface area contributed by atoms with Gasteiger partial charge >= 0.3 is 37.7 Å². The second kappa shape index (κ2) is 51.0. The smallest absolute Gasteiger partial charge is 0.550 e. The van der Waals surface area contributed by atoms with E-state index in [2.05, 4.69) is 23.3 Å². The van der Waals surface area contributed by atoms with Gasteiger partial charge in [-0.05, 0) is 12.8 Å². The van der Waals surface area contributed by atoms with Gasteiger partial charge in [-0.25, -0.2) is 26.3 Å². The van der Waals surface area contributed by atoms with Crippen LogP contribution in [0.4, 0.5) is 0 Å². The molecule has 0 aliphatic rings. The van der Waals surface area contributed by atoms with Crippen LogP contribution in [0.1, 0.15) is 271 Å². The van der Waals surface area contributed by atoms with E-state index in [-0.39, 0.29) is 75.2 Å². The summed E-state index contributed by atoms with van der Waals surface area (Å²) in [5.74, 6) is -2.31. The molecule has 0 amide bonds. The molecule has 0 aliphatic carbocycles. The minimum Gasteiger partial charge on any atom is -0.550 e. The number of carbonyl (C=O) groups excluding carboxylic acids is 2. The summed E-state index contributed by atoms with van der Waals surface area (Å²) in [6.45, 7) is 4.38.